The largest absolute Gasteiger partial charge is 0.469 e. The van der Waals surface area contributed by atoms with E-state index in [4.69, 9.17) is 4.74 Å². The van der Waals surface area contributed by atoms with Crippen molar-refractivity contribution in [1.82, 2.24) is 4.90 Å². The van der Waals surface area contributed by atoms with Crippen LogP contribution in [0.3, 0.4) is 0 Å². The molecule has 1 aliphatic carbocycles. The molecule has 0 bridgehead atoms. The number of carbonyl (C=O) groups excluding carboxylic acids is 1. The molecule has 3 atom stereocenters. The molecule has 1 aromatic rings. The first-order valence-corrected chi connectivity index (χ1v) is 8.07. The Bertz CT molecular complexity index is 514. The van der Waals surface area contributed by atoms with E-state index in [0.29, 0.717) is 11.8 Å². The van der Waals surface area contributed by atoms with Crippen LogP contribution >= 0.6 is 0 Å². The van der Waals surface area contributed by atoms with Crippen LogP contribution in [0, 0.1) is 11.8 Å². The summed E-state index contributed by atoms with van der Waals surface area (Å²) in [6, 6.07) is 8.86. The van der Waals surface area contributed by atoms with Gasteiger partial charge in [0.1, 0.15) is 0 Å². The number of benzene rings is 1. The number of aryl methyl sites for hydroxylation is 1. The minimum Gasteiger partial charge on any atom is -0.469 e. The first kappa shape index (κ1) is 14.6. The molecule has 0 N–H and O–H groups in total. The van der Waals surface area contributed by atoms with Gasteiger partial charge in [-0.05, 0) is 42.2 Å². The molecule has 0 radical (unpaired) electrons. The molecule has 1 aliphatic heterocycles. The van der Waals surface area contributed by atoms with Crippen molar-refractivity contribution in [2.75, 3.05) is 26.7 Å². The number of likely N-dealkylation sites (tertiary alicyclic amines) is 1. The van der Waals surface area contributed by atoms with E-state index in [1.807, 2.05) is 0 Å². The van der Waals surface area contributed by atoms with E-state index in [9.17, 15) is 4.79 Å². The van der Waals surface area contributed by atoms with E-state index in [1.165, 1.54) is 37.5 Å². The minimum atomic E-state index is -0.0472. The fraction of sp³-hybridized carbons (Fsp3) is 0.611. The lowest BCUT2D eigenvalue weighted by Crippen LogP contribution is -2.29. The lowest BCUT2D eigenvalue weighted by Gasteiger charge is -2.29. The molecule has 114 valence electrons. The molecule has 1 fully saturated rings. The van der Waals surface area contributed by atoms with Crippen molar-refractivity contribution in [1.29, 1.82) is 0 Å². The number of carbonyl (C=O) groups is 1. The number of hydrogen-bond acceptors (Lipinski definition) is 3. The predicted molar refractivity (Wildman–Crippen MR) is 83.2 cm³/mol. The topological polar surface area (TPSA) is 29.5 Å². The number of rotatable bonds is 3. The quantitative estimate of drug-likeness (QED) is 0.801. The number of methoxy groups -OCH3 is 1. The van der Waals surface area contributed by atoms with E-state index >= 15 is 0 Å². The van der Waals surface area contributed by atoms with Gasteiger partial charge in [-0.2, -0.15) is 0 Å². The maximum Gasteiger partial charge on any atom is 0.310 e. The second-order valence-corrected chi connectivity index (χ2v) is 6.61. The monoisotopic (exact) mass is 287 g/mol. The number of ether oxygens (including phenoxy) is 1. The van der Waals surface area contributed by atoms with Crippen LogP contribution in [0.5, 0.6) is 0 Å². The van der Waals surface area contributed by atoms with Gasteiger partial charge in [-0.3, -0.25) is 4.79 Å². The second kappa shape index (κ2) is 6.18. The minimum absolute atomic E-state index is 0.0472. The molecule has 21 heavy (non-hydrogen) atoms. The summed E-state index contributed by atoms with van der Waals surface area (Å²) in [7, 11) is 1.50. The van der Waals surface area contributed by atoms with Crippen molar-refractivity contribution in [2.24, 2.45) is 11.8 Å². The average Bonchev–Trinajstić information content (AvgIpc) is 2.87. The molecule has 3 nitrogen and oxygen atoms in total. The van der Waals surface area contributed by atoms with Crippen LogP contribution < -0.4 is 0 Å². The summed E-state index contributed by atoms with van der Waals surface area (Å²) in [5.74, 6) is 1.03. The number of esters is 1. The highest BCUT2D eigenvalue weighted by Gasteiger charge is 2.36. The Morgan fingerprint density at radius 2 is 2.14 bits per heavy atom. The lowest BCUT2D eigenvalue weighted by molar-refractivity contribution is -0.146. The first-order valence-electron chi connectivity index (χ1n) is 8.07. The van der Waals surface area contributed by atoms with Crippen molar-refractivity contribution in [3.8, 4) is 0 Å². The normalized spacial score (nSPS) is 29.1. The zero-order valence-electron chi connectivity index (χ0n) is 13.0. The second-order valence-electron chi connectivity index (χ2n) is 6.61. The Morgan fingerprint density at radius 1 is 1.33 bits per heavy atom. The highest BCUT2D eigenvalue weighted by Crippen LogP contribution is 2.34. The third-order valence-corrected chi connectivity index (χ3v) is 5.16. The highest BCUT2D eigenvalue weighted by atomic mass is 16.5. The Morgan fingerprint density at radius 3 is 2.95 bits per heavy atom. The Kier molecular flexibility index (Phi) is 4.29. The summed E-state index contributed by atoms with van der Waals surface area (Å²) in [6.07, 6.45) is 3.77. The van der Waals surface area contributed by atoms with Crippen molar-refractivity contribution >= 4 is 5.97 Å². The molecule has 1 saturated heterocycles. The highest BCUT2D eigenvalue weighted by molar-refractivity contribution is 5.73. The standard InChI is InChI=1S/C18H25NO2/c1-13-10-19(12-17(13)18(20)21-2)11-15-8-5-7-14-6-3-4-9-16(14)15/h3-4,6,9,13,15,17H,5,7-8,10-12H2,1-2H3. The molecule has 1 aromatic carbocycles. The number of hydrogen-bond donors (Lipinski definition) is 0. The van der Waals surface area contributed by atoms with Crippen LogP contribution in [0.1, 0.15) is 36.8 Å². The van der Waals surface area contributed by atoms with Crippen molar-refractivity contribution in [2.45, 2.75) is 32.1 Å². The molecule has 2 aliphatic rings. The van der Waals surface area contributed by atoms with Gasteiger partial charge in [-0.15, -0.1) is 0 Å². The number of nitrogens with zero attached hydrogens (tertiary/aromatic N) is 1. The lowest BCUT2D eigenvalue weighted by atomic mass is 9.82. The van der Waals surface area contributed by atoms with Crippen LogP contribution in [-0.2, 0) is 16.0 Å². The van der Waals surface area contributed by atoms with Gasteiger partial charge in [0.05, 0.1) is 13.0 Å². The zero-order chi connectivity index (χ0) is 14.8. The third kappa shape index (κ3) is 2.98. The fourth-order valence-corrected chi connectivity index (χ4v) is 4.03. The van der Waals surface area contributed by atoms with E-state index in [0.717, 1.165) is 19.6 Å². The van der Waals surface area contributed by atoms with Gasteiger partial charge < -0.3 is 9.64 Å². The van der Waals surface area contributed by atoms with Gasteiger partial charge >= 0.3 is 5.97 Å². The van der Waals surface area contributed by atoms with Crippen molar-refractivity contribution in [3.63, 3.8) is 0 Å². The van der Waals surface area contributed by atoms with Gasteiger partial charge in [-0.25, -0.2) is 0 Å². The Balaban J connectivity index is 1.67. The molecule has 0 aromatic heterocycles. The molecule has 0 amide bonds. The third-order valence-electron chi connectivity index (χ3n) is 5.16. The van der Waals surface area contributed by atoms with Crippen molar-refractivity contribution < 1.29 is 9.53 Å². The van der Waals surface area contributed by atoms with Crippen LogP contribution in [0.2, 0.25) is 0 Å². The van der Waals surface area contributed by atoms with Gasteiger partial charge in [0, 0.05) is 19.6 Å². The summed E-state index contributed by atoms with van der Waals surface area (Å²) >= 11 is 0. The van der Waals surface area contributed by atoms with Gasteiger partial charge in [-0.1, -0.05) is 31.2 Å². The first-order chi connectivity index (χ1) is 10.2. The molecule has 3 rings (SSSR count). The molecular formula is C18H25NO2. The molecule has 3 heteroatoms. The van der Waals surface area contributed by atoms with E-state index in [1.54, 1.807) is 0 Å². The van der Waals surface area contributed by atoms with E-state index < -0.39 is 0 Å². The van der Waals surface area contributed by atoms with Gasteiger partial charge in [0.25, 0.3) is 0 Å². The summed E-state index contributed by atoms with van der Waals surface area (Å²) in [4.78, 5) is 14.3. The SMILES string of the molecule is COC(=O)C1CN(CC2CCCc3ccccc32)CC1C. The zero-order valence-corrected chi connectivity index (χ0v) is 13.0. The molecule has 1 heterocycles. The van der Waals surface area contributed by atoms with Gasteiger partial charge in [0.15, 0.2) is 0 Å². The predicted octanol–water partition coefficient (Wildman–Crippen LogP) is 2.85. The van der Waals surface area contributed by atoms with Gasteiger partial charge in [0.2, 0.25) is 0 Å². The number of fused-ring (bicyclic) bond motifs is 1. The maximum atomic E-state index is 11.8. The summed E-state index contributed by atoms with van der Waals surface area (Å²) in [5, 5.41) is 0. The molecule has 0 spiro atoms. The van der Waals surface area contributed by atoms with Crippen LogP contribution in [0.25, 0.3) is 0 Å². The molecular weight excluding hydrogens is 262 g/mol. The summed E-state index contributed by atoms with van der Waals surface area (Å²) in [5.41, 5.74) is 3.04. The van der Waals surface area contributed by atoms with E-state index in [-0.39, 0.29) is 11.9 Å². The van der Waals surface area contributed by atoms with Crippen LogP contribution in [0.4, 0.5) is 0 Å². The molecule has 3 unspecified atom stereocenters. The Labute approximate surface area is 127 Å². The Hall–Kier alpha value is -1.35. The molecule has 0 saturated carbocycles. The average molecular weight is 287 g/mol. The summed E-state index contributed by atoms with van der Waals surface area (Å²) in [6.45, 7) is 5.11. The fourth-order valence-electron chi connectivity index (χ4n) is 4.03. The van der Waals surface area contributed by atoms with Crippen molar-refractivity contribution in [3.05, 3.63) is 35.4 Å². The maximum absolute atomic E-state index is 11.8. The summed E-state index contributed by atoms with van der Waals surface area (Å²) < 4.78 is 4.93. The van der Waals surface area contributed by atoms with Crippen LogP contribution in [-0.4, -0.2) is 37.6 Å². The smallest absolute Gasteiger partial charge is 0.310 e. The van der Waals surface area contributed by atoms with Crippen LogP contribution in [0.15, 0.2) is 24.3 Å². The van der Waals surface area contributed by atoms with E-state index in [2.05, 4.69) is 36.1 Å².